The lowest BCUT2D eigenvalue weighted by Crippen LogP contribution is -2.22. The predicted molar refractivity (Wildman–Crippen MR) is 82.2 cm³/mol. The Morgan fingerprint density at radius 2 is 1.81 bits per heavy atom. The van der Waals surface area contributed by atoms with Crippen molar-refractivity contribution < 1.29 is 9.53 Å². The molecule has 0 unspecified atom stereocenters. The molecule has 0 bridgehead atoms. The molecular weight excluding hydrogens is 262 g/mol. The van der Waals surface area contributed by atoms with Crippen LogP contribution in [0.4, 0.5) is 0 Å². The quantitative estimate of drug-likeness (QED) is 0.936. The summed E-state index contributed by atoms with van der Waals surface area (Å²) in [6.07, 6.45) is 2.35. The molecule has 3 heteroatoms. The van der Waals surface area contributed by atoms with E-state index in [-0.39, 0.29) is 5.91 Å². The van der Waals surface area contributed by atoms with Gasteiger partial charge in [-0.15, -0.1) is 0 Å². The summed E-state index contributed by atoms with van der Waals surface area (Å²) in [5, 5.41) is 0. The molecule has 0 fully saturated rings. The van der Waals surface area contributed by atoms with Crippen molar-refractivity contribution in [1.82, 2.24) is 0 Å². The lowest BCUT2D eigenvalue weighted by molar-refractivity contribution is -0.117. The summed E-state index contributed by atoms with van der Waals surface area (Å²) in [6.45, 7) is 0.764. The van der Waals surface area contributed by atoms with Gasteiger partial charge >= 0.3 is 0 Å². The van der Waals surface area contributed by atoms with E-state index in [1.165, 1.54) is 11.1 Å². The van der Waals surface area contributed by atoms with Gasteiger partial charge in [0.05, 0.1) is 13.0 Å². The molecule has 108 valence electrons. The number of benzene rings is 2. The highest BCUT2D eigenvalue weighted by Gasteiger charge is 2.19. The molecule has 1 amide bonds. The first-order chi connectivity index (χ1) is 10.2. The zero-order valence-corrected chi connectivity index (χ0v) is 11.9. The predicted octanol–water partition coefficient (Wildman–Crippen LogP) is 2.51. The van der Waals surface area contributed by atoms with Crippen LogP contribution < -0.4 is 10.5 Å². The van der Waals surface area contributed by atoms with Crippen LogP contribution in [0.1, 0.15) is 16.7 Å². The van der Waals surface area contributed by atoms with Gasteiger partial charge in [0.15, 0.2) is 0 Å². The fourth-order valence-corrected chi connectivity index (χ4v) is 2.85. The Bertz CT molecular complexity index is 634. The van der Waals surface area contributed by atoms with Gasteiger partial charge in [0.1, 0.15) is 5.75 Å². The second-order valence-electron chi connectivity index (χ2n) is 5.65. The minimum Gasteiger partial charge on any atom is -0.493 e. The summed E-state index contributed by atoms with van der Waals surface area (Å²) in [6, 6.07) is 16.4. The molecule has 2 aromatic rings. The van der Waals surface area contributed by atoms with Crippen LogP contribution in [0.15, 0.2) is 48.5 Å². The van der Waals surface area contributed by atoms with E-state index in [9.17, 15) is 4.79 Å². The summed E-state index contributed by atoms with van der Waals surface area (Å²) in [4.78, 5) is 10.9. The van der Waals surface area contributed by atoms with Gasteiger partial charge in [-0.1, -0.05) is 42.5 Å². The Morgan fingerprint density at radius 3 is 2.57 bits per heavy atom. The topological polar surface area (TPSA) is 52.3 Å². The van der Waals surface area contributed by atoms with Gasteiger partial charge in [-0.25, -0.2) is 0 Å². The van der Waals surface area contributed by atoms with Crippen molar-refractivity contribution >= 4 is 5.91 Å². The SMILES string of the molecule is NC(=O)Cc1ccc(C[C@H]2COc3ccccc3C2)cc1. The van der Waals surface area contributed by atoms with Crippen LogP contribution >= 0.6 is 0 Å². The van der Waals surface area contributed by atoms with E-state index in [0.29, 0.717) is 12.3 Å². The fourth-order valence-electron chi connectivity index (χ4n) is 2.85. The van der Waals surface area contributed by atoms with Crippen LogP contribution in [0.3, 0.4) is 0 Å². The first-order valence-electron chi connectivity index (χ1n) is 7.27. The van der Waals surface area contributed by atoms with Crippen molar-refractivity contribution in [1.29, 1.82) is 0 Å². The van der Waals surface area contributed by atoms with Crippen molar-refractivity contribution in [2.24, 2.45) is 11.7 Å². The first-order valence-corrected chi connectivity index (χ1v) is 7.27. The standard InChI is InChI=1S/C18H19NO2/c19-18(20)11-14-7-5-13(6-8-14)9-15-10-16-3-1-2-4-17(16)21-12-15/h1-8,15H,9-12H2,(H2,19,20)/t15-/m1/s1. The van der Waals surface area contributed by atoms with Gasteiger partial charge in [0.2, 0.25) is 5.91 Å². The van der Waals surface area contributed by atoms with Gasteiger partial charge in [0, 0.05) is 5.92 Å². The van der Waals surface area contributed by atoms with E-state index >= 15 is 0 Å². The molecule has 1 heterocycles. The normalized spacial score (nSPS) is 16.9. The number of ether oxygens (including phenoxy) is 1. The van der Waals surface area contributed by atoms with Crippen molar-refractivity contribution in [3.8, 4) is 5.75 Å². The third-order valence-corrected chi connectivity index (χ3v) is 3.88. The molecule has 0 aliphatic carbocycles. The Balaban J connectivity index is 1.64. The molecule has 2 N–H and O–H groups in total. The molecule has 2 aromatic carbocycles. The highest BCUT2D eigenvalue weighted by molar-refractivity contribution is 5.76. The van der Waals surface area contributed by atoms with Crippen LogP contribution in [0.5, 0.6) is 5.75 Å². The number of hydrogen-bond acceptors (Lipinski definition) is 2. The summed E-state index contributed by atoms with van der Waals surface area (Å²) in [5.41, 5.74) is 8.74. The van der Waals surface area contributed by atoms with E-state index < -0.39 is 0 Å². The van der Waals surface area contributed by atoms with Crippen molar-refractivity contribution in [3.05, 3.63) is 65.2 Å². The maximum atomic E-state index is 10.9. The lowest BCUT2D eigenvalue weighted by Gasteiger charge is -2.25. The smallest absolute Gasteiger partial charge is 0.221 e. The summed E-state index contributed by atoms with van der Waals surface area (Å²) in [5.74, 6) is 1.23. The molecule has 0 saturated heterocycles. The van der Waals surface area contributed by atoms with Crippen LogP contribution in [-0.4, -0.2) is 12.5 Å². The lowest BCUT2D eigenvalue weighted by atomic mass is 9.90. The zero-order valence-electron chi connectivity index (χ0n) is 11.9. The number of primary amides is 1. The fraction of sp³-hybridized carbons (Fsp3) is 0.278. The average molecular weight is 281 g/mol. The number of carbonyl (C=O) groups is 1. The van der Waals surface area contributed by atoms with Gasteiger partial charge in [0.25, 0.3) is 0 Å². The summed E-state index contributed by atoms with van der Waals surface area (Å²) in [7, 11) is 0. The molecule has 0 radical (unpaired) electrons. The molecule has 3 nitrogen and oxygen atoms in total. The van der Waals surface area contributed by atoms with E-state index in [4.69, 9.17) is 10.5 Å². The Morgan fingerprint density at radius 1 is 1.10 bits per heavy atom. The van der Waals surface area contributed by atoms with E-state index in [2.05, 4.69) is 24.3 Å². The monoisotopic (exact) mass is 281 g/mol. The van der Waals surface area contributed by atoms with E-state index in [1.807, 2.05) is 24.3 Å². The highest BCUT2D eigenvalue weighted by atomic mass is 16.5. The molecule has 0 spiro atoms. The number of para-hydroxylation sites is 1. The van der Waals surface area contributed by atoms with Gasteiger partial charge in [-0.05, 0) is 35.6 Å². The third-order valence-electron chi connectivity index (χ3n) is 3.88. The minimum absolute atomic E-state index is 0.292. The zero-order chi connectivity index (χ0) is 14.7. The van der Waals surface area contributed by atoms with E-state index in [1.54, 1.807) is 0 Å². The minimum atomic E-state index is -0.292. The largest absolute Gasteiger partial charge is 0.493 e. The molecule has 1 aliphatic heterocycles. The molecule has 3 rings (SSSR count). The van der Waals surface area contributed by atoms with Crippen molar-refractivity contribution in [2.75, 3.05) is 6.61 Å². The maximum absolute atomic E-state index is 10.9. The number of hydrogen-bond donors (Lipinski definition) is 1. The van der Waals surface area contributed by atoms with Gasteiger partial charge < -0.3 is 10.5 Å². The molecular formula is C18H19NO2. The molecule has 0 aromatic heterocycles. The van der Waals surface area contributed by atoms with Crippen LogP contribution in [0, 0.1) is 5.92 Å². The number of carbonyl (C=O) groups excluding carboxylic acids is 1. The second kappa shape index (κ2) is 6.00. The van der Waals surface area contributed by atoms with Crippen molar-refractivity contribution in [3.63, 3.8) is 0 Å². The Hall–Kier alpha value is -2.29. The van der Waals surface area contributed by atoms with E-state index in [0.717, 1.165) is 30.8 Å². The molecule has 21 heavy (non-hydrogen) atoms. The van der Waals surface area contributed by atoms with Crippen molar-refractivity contribution in [2.45, 2.75) is 19.3 Å². The number of amides is 1. The maximum Gasteiger partial charge on any atom is 0.221 e. The van der Waals surface area contributed by atoms with Crippen LogP contribution in [-0.2, 0) is 24.1 Å². The summed E-state index contributed by atoms with van der Waals surface area (Å²) >= 11 is 0. The molecule has 1 aliphatic rings. The summed E-state index contributed by atoms with van der Waals surface area (Å²) < 4.78 is 5.82. The Labute approximate surface area is 124 Å². The van der Waals surface area contributed by atoms with Crippen LogP contribution in [0.2, 0.25) is 0 Å². The van der Waals surface area contributed by atoms with Gasteiger partial charge in [-0.2, -0.15) is 0 Å². The third kappa shape index (κ3) is 3.43. The Kier molecular flexibility index (Phi) is 3.91. The molecule has 1 atom stereocenters. The molecule has 0 saturated carbocycles. The average Bonchev–Trinajstić information content (AvgIpc) is 2.49. The number of fused-ring (bicyclic) bond motifs is 1. The number of nitrogens with two attached hydrogens (primary N) is 1. The number of rotatable bonds is 4. The first kappa shape index (κ1) is 13.7. The van der Waals surface area contributed by atoms with Gasteiger partial charge in [-0.3, -0.25) is 4.79 Å². The second-order valence-corrected chi connectivity index (χ2v) is 5.65. The highest BCUT2D eigenvalue weighted by Crippen LogP contribution is 2.28. The van der Waals surface area contributed by atoms with Crippen LogP contribution in [0.25, 0.3) is 0 Å².